The van der Waals surface area contributed by atoms with Gasteiger partial charge in [0.2, 0.25) is 0 Å². The van der Waals surface area contributed by atoms with Gasteiger partial charge < -0.3 is 0 Å². The predicted molar refractivity (Wildman–Crippen MR) is 57.7 cm³/mol. The second kappa shape index (κ2) is 4.30. The van der Waals surface area contributed by atoms with Crippen LogP contribution < -0.4 is 0 Å². The lowest BCUT2D eigenvalue weighted by atomic mass is 9.79. The highest BCUT2D eigenvalue weighted by Crippen LogP contribution is 2.37. The molecule has 0 aliphatic heterocycles. The van der Waals surface area contributed by atoms with E-state index in [0.717, 1.165) is 11.8 Å². The largest absolute Gasteiger partial charge is 0.0822 e. The van der Waals surface area contributed by atoms with Crippen molar-refractivity contribution in [3.8, 4) is 0 Å². The van der Waals surface area contributed by atoms with Crippen LogP contribution >= 0.6 is 0 Å². The Kier molecular flexibility index (Phi) is 3.08. The molecule has 0 nitrogen and oxygen atoms in total. The lowest BCUT2D eigenvalue weighted by Gasteiger charge is -2.27. The van der Waals surface area contributed by atoms with E-state index in [2.05, 4.69) is 13.0 Å². The quantitative estimate of drug-likeness (QED) is 0.563. The lowest BCUT2D eigenvalue weighted by molar-refractivity contribution is 0.266. The van der Waals surface area contributed by atoms with Gasteiger partial charge in [-0.1, -0.05) is 44.3 Å². The Bertz CT molecular complexity index is 186. The van der Waals surface area contributed by atoms with Crippen LogP contribution in [0.4, 0.5) is 0 Å². The number of allylic oxidation sites excluding steroid dienone is 2. The maximum atomic E-state index is 2.60. The van der Waals surface area contributed by atoms with Crippen molar-refractivity contribution in [2.24, 2.45) is 11.8 Å². The Balaban J connectivity index is 1.75. The summed E-state index contributed by atoms with van der Waals surface area (Å²) in [5.41, 5.74) is 1.76. The first-order valence-electron chi connectivity index (χ1n) is 6.08. The molecule has 2 aliphatic rings. The average molecular weight is 178 g/mol. The van der Waals surface area contributed by atoms with Gasteiger partial charge in [-0.15, -0.1) is 0 Å². The maximum absolute atomic E-state index is 2.60. The van der Waals surface area contributed by atoms with Crippen molar-refractivity contribution in [3.05, 3.63) is 11.6 Å². The Morgan fingerprint density at radius 1 is 1.31 bits per heavy atom. The minimum atomic E-state index is 0.965. The fraction of sp³-hybridized carbons (Fsp3) is 0.846. The molecular formula is C13H22. The number of hydrogen-bond acceptors (Lipinski definition) is 0. The summed E-state index contributed by atoms with van der Waals surface area (Å²) in [6, 6.07) is 0. The fourth-order valence-corrected chi connectivity index (χ4v) is 2.74. The summed E-state index contributed by atoms with van der Waals surface area (Å²) < 4.78 is 0. The zero-order valence-corrected chi connectivity index (χ0v) is 8.89. The van der Waals surface area contributed by atoms with Crippen LogP contribution in [0.3, 0.4) is 0 Å². The SMILES string of the molecule is CCCC1=CC(CC2CCC2)CC1. The van der Waals surface area contributed by atoms with Crippen LogP contribution in [0.5, 0.6) is 0 Å². The van der Waals surface area contributed by atoms with Gasteiger partial charge in [0.25, 0.3) is 0 Å². The summed E-state index contributed by atoms with van der Waals surface area (Å²) in [5, 5.41) is 0. The first-order chi connectivity index (χ1) is 6.38. The first kappa shape index (κ1) is 9.30. The van der Waals surface area contributed by atoms with Crippen LogP contribution in [0, 0.1) is 11.8 Å². The van der Waals surface area contributed by atoms with E-state index in [9.17, 15) is 0 Å². The zero-order chi connectivity index (χ0) is 9.10. The van der Waals surface area contributed by atoms with Gasteiger partial charge in [0.1, 0.15) is 0 Å². The van der Waals surface area contributed by atoms with E-state index in [4.69, 9.17) is 0 Å². The van der Waals surface area contributed by atoms with Crippen LogP contribution in [0.15, 0.2) is 11.6 Å². The second-order valence-electron chi connectivity index (χ2n) is 4.91. The summed E-state index contributed by atoms with van der Waals surface area (Å²) in [4.78, 5) is 0. The van der Waals surface area contributed by atoms with Gasteiger partial charge in [-0.25, -0.2) is 0 Å². The van der Waals surface area contributed by atoms with Gasteiger partial charge in [-0.3, -0.25) is 0 Å². The van der Waals surface area contributed by atoms with Gasteiger partial charge >= 0.3 is 0 Å². The van der Waals surface area contributed by atoms with Crippen molar-refractivity contribution >= 4 is 0 Å². The van der Waals surface area contributed by atoms with Crippen LogP contribution in [-0.4, -0.2) is 0 Å². The third-order valence-corrected chi connectivity index (χ3v) is 3.74. The molecule has 0 heterocycles. The molecule has 2 aliphatic carbocycles. The second-order valence-corrected chi connectivity index (χ2v) is 4.91. The van der Waals surface area contributed by atoms with E-state index in [1.165, 1.54) is 51.4 Å². The molecule has 0 radical (unpaired) electrons. The van der Waals surface area contributed by atoms with Gasteiger partial charge in [-0.05, 0) is 37.5 Å². The highest BCUT2D eigenvalue weighted by molar-refractivity contribution is 5.11. The normalized spacial score (nSPS) is 28.7. The molecule has 0 amide bonds. The third-order valence-electron chi connectivity index (χ3n) is 3.74. The van der Waals surface area contributed by atoms with E-state index in [1.54, 1.807) is 5.57 Å². The standard InChI is InChI=1S/C13H22/c1-2-4-11-7-8-13(9-11)10-12-5-3-6-12/h9,12-13H,2-8,10H2,1H3. The number of hydrogen-bond donors (Lipinski definition) is 0. The Labute approximate surface area is 82.4 Å². The van der Waals surface area contributed by atoms with Crippen LogP contribution in [0.2, 0.25) is 0 Å². The Hall–Kier alpha value is -0.260. The van der Waals surface area contributed by atoms with Gasteiger partial charge in [-0.2, -0.15) is 0 Å². The zero-order valence-electron chi connectivity index (χ0n) is 8.89. The molecule has 0 aromatic carbocycles. The minimum Gasteiger partial charge on any atom is -0.0822 e. The molecule has 0 bridgehead atoms. The van der Waals surface area contributed by atoms with E-state index in [-0.39, 0.29) is 0 Å². The highest BCUT2D eigenvalue weighted by atomic mass is 14.3. The van der Waals surface area contributed by atoms with Gasteiger partial charge in [0, 0.05) is 0 Å². The minimum absolute atomic E-state index is 0.965. The van der Waals surface area contributed by atoms with E-state index in [1.807, 2.05) is 0 Å². The van der Waals surface area contributed by atoms with Crippen molar-refractivity contribution in [1.82, 2.24) is 0 Å². The molecule has 0 heteroatoms. The van der Waals surface area contributed by atoms with Crippen molar-refractivity contribution in [1.29, 1.82) is 0 Å². The van der Waals surface area contributed by atoms with Crippen molar-refractivity contribution in [2.75, 3.05) is 0 Å². The van der Waals surface area contributed by atoms with Gasteiger partial charge in [0.05, 0.1) is 0 Å². The van der Waals surface area contributed by atoms with E-state index in [0.29, 0.717) is 0 Å². The molecule has 1 atom stereocenters. The number of rotatable bonds is 4. The molecule has 0 saturated heterocycles. The molecule has 0 aromatic rings. The topological polar surface area (TPSA) is 0 Å². The van der Waals surface area contributed by atoms with E-state index < -0.39 is 0 Å². The lowest BCUT2D eigenvalue weighted by Crippen LogP contribution is -2.13. The molecular weight excluding hydrogens is 156 g/mol. The Morgan fingerprint density at radius 3 is 2.77 bits per heavy atom. The summed E-state index contributed by atoms with van der Waals surface area (Å²) in [6.07, 6.45) is 14.2. The summed E-state index contributed by atoms with van der Waals surface area (Å²) >= 11 is 0. The molecule has 74 valence electrons. The smallest absolute Gasteiger partial charge is 0.0225 e. The molecule has 1 saturated carbocycles. The summed E-state index contributed by atoms with van der Waals surface area (Å²) in [6.45, 7) is 2.29. The molecule has 0 spiro atoms. The van der Waals surface area contributed by atoms with Crippen LogP contribution in [0.25, 0.3) is 0 Å². The van der Waals surface area contributed by atoms with E-state index >= 15 is 0 Å². The van der Waals surface area contributed by atoms with Crippen molar-refractivity contribution < 1.29 is 0 Å². The first-order valence-corrected chi connectivity index (χ1v) is 6.08. The van der Waals surface area contributed by atoms with Crippen molar-refractivity contribution in [2.45, 2.75) is 58.3 Å². The third kappa shape index (κ3) is 2.36. The Morgan fingerprint density at radius 2 is 2.15 bits per heavy atom. The predicted octanol–water partition coefficient (Wildman–Crippen LogP) is 4.31. The van der Waals surface area contributed by atoms with Gasteiger partial charge in [0.15, 0.2) is 0 Å². The molecule has 2 rings (SSSR count). The molecule has 0 aromatic heterocycles. The molecule has 1 fully saturated rings. The summed E-state index contributed by atoms with van der Waals surface area (Å²) in [7, 11) is 0. The van der Waals surface area contributed by atoms with Crippen molar-refractivity contribution in [3.63, 3.8) is 0 Å². The maximum Gasteiger partial charge on any atom is -0.0225 e. The molecule has 0 N–H and O–H groups in total. The van der Waals surface area contributed by atoms with Crippen LogP contribution in [-0.2, 0) is 0 Å². The monoisotopic (exact) mass is 178 g/mol. The van der Waals surface area contributed by atoms with Crippen LogP contribution in [0.1, 0.15) is 58.3 Å². The summed E-state index contributed by atoms with van der Waals surface area (Å²) in [5.74, 6) is 2.06. The average Bonchev–Trinajstić information content (AvgIpc) is 2.46. The molecule has 1 unspecified atom stereocenters. The molecule has 13 heavy (non-hydrogen) atoms. The highest BCUT2D eigenvalue weighted by Gasteiger charge is 2.23. The fourth-order valence-electron chi connectivity index (χ4n) is 2.74.